The summed E-state index contributed by atoms with van der Waals surface area (Å²) in [5.41, 5.74) is -3.35. The van der Waals surface area contributed by atoms with Crippen LogP contribution in [-0.2, 0) is 20.4 Å². The highest BCUT2D eigenvalue weighted by Crippen LogP contribution is 2.65. The van der Waals surface area contributed by atoms with Crippen molar-refractivity contribution in [2.24, 2.45) is 11.8 Å². The number of rotatable bonds is 1. The molecule has 1 amide bonds. The van der Waals surface area contributed by atoms with Crippen molar-refractivity contribution in [3.8, 4) is 6.07 Å². The van der Waals surface area contributed by atoms with E-state index in [1.165, 1.54) is 11.0 Å². The Morgan fingerprint density at radius 3 is 2.82 bits per heavy atom. The zero-order valence-corrected chi connectivity index (χ0v) is 14.9. The maximum absolute atomic E-state index is 13.4. The van der Waals surface area contributed by atoms with Gasteiger partial charge in [0.1, 0.15) is 11.8 Å². The third-order valence-corrected chi connectivity index (χ3v) is 6.72. The number of aliphatic hydroxyl groups excluding tert-OH is 1. The van der Waals surface area contributed by atoms with Crippen molar-refractivity contribution in [1.29, 1.82) is 5.26 Å². The smallest absolute Gasteiger partial charge is 0.390 e. The number of halogens is 3. The molecule has 0 radical (unpaired) electrons. The number of hydrogen-bond acceptors (Lipinski definition) is 5. The van der Waals surface area contributed by atoms with Gasteiger partial charge < -0.3 is 14.6 Å². The molecule has 0 saturated carbocycles. The average Bonchev–Trinajstić information content (AvgIpc) is 3.17. The fraction of sp³-hybridized carbons (Fsp3) is 0.579. The molecule has 148 valence electrons. The van der Waals surface area contributed by atoms with E-state index in [2.05, 4.69) is 0 Å². The number of nitriles is 1. The summed E-state index contributed by atoms with van der Waals surface area (Å²) >= 11 is 0. The first-order valence-electron chi connectivity index (χ1n) is 9.07. The SMILES string of the molecule is CC12CC(O)C3(CCOC4C3C1C(=O)N4c1ccc(C#N)c(C(F)(F)F)c1)O2. The van der Waals surface area contributed by atoms with Gasteiger partial charge in [-0.1, -0.05) is 0 Å². The third kappa shape index (κ3) is 2.00. The van der Waals surface area contributed by atoms with Crippen molar-refractivity contribution < 1.29 is 32.5 Å². The molecule has 1 aromatic rings. The van der Waals surface area contributed by atoms with Crippen LogP contribution >= 0.6 is 0 Å². The van der Waals surface area contributed by atoms with Crippen molar-refractivity contribution >= 4 is 11.6 Å². The first kappa shape index (κ1) is 17.9. The van der Waals surface area contributed by atoms with Crippen molar-refractivity contribution in [3.63, 3.8) is 0 Å². The topological polar surface area (TPSA) is 82.8 Å². The molecule has 4 aliphatic heterocycles. The van der Waals surface area contributed by atoms with Gasteiger partial charge >= 0.3 is 6.18 Å². The minimum Gasteiger partial charge on any atom is -0.390 e. The average molecular weight is 394 g/mol. The maximum atomic E-state index is 13.4. The lowest BCUT2D eigenvalue weighted by Crippen LogP contribution is -2.56. The van der Waals surface area contributed by atoms with Crippen LogP contribution in [0.4, 0.5) is 18.9 Å². The zero-order chi connectivity index (χ0) is 20.1. The molecule has 2 bridgehead atoms. The molecule has 6 atom stereocenters. The maximum Gasteiger partial charge on any atom is 0.417 e. The Morgan fingerprint density at radius 2 is 2.14 bits per heavy atom. The second-order valence-corrected chi connectivity index (χ2v) is 8.15. The van der Waals surface area contributed by atoms with Gasteiger partial charge in [0, 0.05) is 18.5 Å². The summed E-state index contributed by atoms with van der Waals surface area (Å²) in [7, 11) is 0. The molecule has 4 saturated heterocycles. The van der Waals surface area contributed by atoms with Crippen LogP contribution in [0.1, 0.15) is 30.9 Å². The van der Waals surface area contributed by atoms with Gasteiger partial charge in [0.2, 0.25) is 5.91 Å². The highest BCUT2D eigenvalue weighted by atomic mass is 19.4. The summed E-state index contributed by atoms with van der Waals surface area (Å²) < 4.78 is 52.1. The van der Waals surface area contributed by atoms with Crippen LogP contribution in [0.5, 0.6) is 0 Å². The minimum atomic E-state index is -4.72. The van der Waals surface area contributed by atoms with Crippen LogP contribution in [0.2, 0.25) is 0 Å². The zero-order valence-electron chi connectivity index (χ0n) is 14.9. The molecule has 0 aliphatic carbocycles. The Bertz CT molecular complexity index is 929. The lowest BCUT2D eigenvalue weighted by Gasteiger charge is -2.43. The van der Waals surface area contributed by atoms with Gasteiger partial charge in [-0.3, -0.25) is 9.69 Å². The molecule has 5 rings (SSSR count). The number of aliphatic hydroxyl groups is 1. The molecule has 28 heavy (non-hydrogen) atoms. The second kappa shape index (κ2) is 5.26. The molecular weight excluding hydrogens is 377 g/mol. The van der Waals surface area contributed by atoms with Crippen molar-refractivity contribution in [3.05, 3.63) is 29.3 Å². The highest BCUT2D eigenvalue weighted by molar-refractivity contribution is 6.00. The predicted octanol–water partition coefficient (Wildman–Crippen LogP) is 2.19. The normalized spacial score (nSPS) is 41.3. The Morgan fingerprint density at radius 1 is 1.39 bits per heavy atom. The third-order valence-electron chi connectivity index (χ3n) is 6.72. The standard InChI is InChI=1S/C19H17F3N2O4/c1-17-7-12(25)18(28-17)4-5-27-16-14(18)13(17)15(26)24(16)10-3-2-9(8-23)11(6-10)19(20,21)22/h2-3,6,12-14,16,25H,4-5,7H2,1H3. The Kier molecular flexibility index (Phi) is 3.36. The van der Waals surface area contributed by atoms with Crippen LogP contribution in [0.15, 0.2) is 18.2 Å². The summed E-state index contributed by atoms with van der Waals surface area (Å²) in [4.78, 5) is 14.5. The van der Waals surface area contributed by atoms with Crippen LogP contribution in [0.3, 0.4) is 0 Å². The first-order chi connectivity index (χ1) is 13.1. The highest BCUT2D eigenvalue weighted by Gasteiger charge is 2.78. The van der Waals surface area contributed by atoms with E-state index in [-0.39, 0.29) is 18.2 Å². The molecule has 0 aromatic heterocycles. The lowest BCUT2D eigenvalue weighted by molar-refractivity contribution is -0.163. The van der Waals surface area contributed by atoms with E-state index in [1.54, 1.807) is 13.0 Å². The van der Waals surface area contributed by atoms with Crippen LogP contribution in [0.25, 0.3) is 0 Å². The van der Waals surface area contributed by atoms with E-state index in [4.69, 9.17) is 14.7 Å². The Labute approximate surface area is 158 Å². The summed E-state index contributed by atoms with van der Waals surface area (Å²) in [5.74, 6) is -1.41. The van der Waals surface area contributed by atoms with Gasteiger partial charge in [0.15, 0.2) is 0 Å². The molecule has 4 heterocycles. The molecular formula is C19H17F3N2O4. The van der Waals surface area contributed by atoms with Crippen molar-refractivity contribution in [2.45, 2.75) is 49.5 Å². The van der Waals surface area contributed by atoms with Crippen molar-refractivity contribution in [2.75, 3.05) is 11.5 Å². The second-order valence-electron chi connectivity index (χ2n) is 8.15. The van der Waals surface area contributed by atoms with E-state index in [1.807, 2.05) is 0 Å². The van der Waals surface area contributed by atoms with E-state index in [9.17, 15) is 23.1 Å². The summed E-state index contributed by atoms with van der Waals surface area (Å²) in [6.45, 7) is 2.00. The van der Waals surface area contributed by atoms with Crippen LogP contribution < -0.4 is 4.90 Å². The van der Waals surface area contributed by atoms with Gasteiger partial charge in [0.05, 0.1) is 47.3 Å². The monoisotopic (exact) mass is 394 g/mol. The largest absolute Gasteiger partial charge is 0.417 e. The van der Waals surface area contributed by atoms with Gasteiger partial charge in [-0.2, -0.15) is 18.4 Å². The molecule has 1 aromatic carbocycles. The van der Waals surface area contributed by atoms with E-state index >= 15 is 0 Å². The molecule has 6 nitrogen and oxygen atoms in total. The summed E-state index contributed by atoms with van der Waals surface area (Å²) in [6, 6.07) is 4.77. The fourth-order valence-electron chi connectivity index (χ4n) is 5.69. The van der Waals surface area contributed by atoms with E-state index in [0.29, 0.717) is 12.8 Å². The number of amides is 1. The number of alkyl halides is 3. The number of anilines is 1. The first-order valence-corrected chi connectivity index (χ1v) is 9.07. The van der Waals surface area contributed by atoms with Gasteiger partial charge in [0.25, 0.3) is 0 Å². The fourth-order valence-corrected chi connectivity index (χ4v) is 5.69. The van der Waals surface area contributed by atoms with Gasteiger partial charge in [-0.15, -0.1) is 0 Å². The predicted molar refractivity (Wildman–Crippen MR) is 87.8 cm³/mol. The number of carbonyl (C=O) groups is 1. The summed E-state index contributed by atoms with van der Waals surface area (Å²) in [6.07, 6.45) is -5.54. The number of fused-ring (bicyclic) bond motifs is 2. The molecule has 4 fully saturated rings. The minimum absolute atomic E-state index is 0.0327. The van der Waals surface area contributed by atoms with Gasteiger partial charge in [-0.25, -0.2) is 0 Å². The van der Waals surface area contributed by atoms with Crippen molar-refractivity contribution in [1.82, 2.24) is 0 Å². The molecule has 9 heteroatoms. The number of hydrogen-bond donors (Lipinski definition) is 1. The quantitative estimate of drug-likeness (QED) is 0.790. The number of nitrogens with zero attached hydrogens (tertiary/aromatic N) is 2. The lowest BCUT2D eigenvalue weighted by atomic mass is 9.65. The van der Waals surface area contributed by atoms with Gasteiger partial charge in [-0.05, 0) is 25.1 Å². The molecule has 1 spiro atoms. The van der Waals surface area contributed by atoms with E-state index in [0.717, 1.165) is 12.1 Å². The number of benzene rings is 1. The van der Waals surface area contributed by atoms with Crippen LogP contribution in [-0.4, -0.2) is 41.2 Å². The summed E-state index contributed by atoms with van der Waals surface area (Å²) in [5, 5.41) is 19.6. The Hall–Kier alpha value is -2.15. The Balaban J connectivity index is 1.62. The molecule has 1 N–H and O–H groups in total. The number of carbonyl (C=O) groups excluding carboxylic acids is 1. The molecule has 4 aliphatic rings. The molecule has 6 unspecified atom stereocenters. The van der Waals surface area contributed by atoms with E-state index < -0.39 is 52.7 Å². The number of ether oxygens (including phenoxy) is 2. The van der Waals surface area contributed by atoms with Crippen LogP contribution in [0, 0.1) is 23.2 Å².